The molecule has 3 aromatic rings. The van der Waals surface area contributed by atoms with Crippen molar-refractivity contribution in [2.75, 3.05) is 6.61 Å². The third-order valence-corrected chi connectivity index (χ3v) is 3.46. The van der Waals surface area contributed by atoms with Crippen LogP contribution >= 0.6 is 0 Å². The predicted octanol–water partition coefficient (Wildman–Crippen LogP) is 1.95. The summed E-state index contributed by atoms with van der Waals surface area (Å²) in [5, 5.41) is 0. The van der Waals surface area contributed by atoms with E-state index in [9.17, 15) is 0 Å². The Kier molecular flexibility index (Phi) is 2.31. The second-order valence-electron chi connectivity index (χ2n) is 4.56. The molecule has 0 spiro atoms. The number of imidazole rings is 1. The largest absolute Gasteiger partial charge is 0.353 e. The third-order valence-electron chi connectivity index (χ3n) is 3.46. The number of hydrogen-bond acceptors (Lipinski definition) is 4. The van der Waals surface area contributed by atoms with Crippen LogP contribution in [0.3, 0.4) is 0 Å². The highest BCUT2D eigenvalue weighted by Crippen LogP contribution is 2.29. The Morgan fingerprint density at radius 1 is 1.21 bits per heavy atom. The van der Waals surface area contributed by atoms with Crippen LogP contribution < -0.4 is 0 Å². The molecule has 0 amide bonds. The molecule has 1 atom stereocenters. The van der Waals surface area contributed by atoms with Gasteiger partial charge in [-0.25, -0.2) is 15.0 Å². The van der Waals surface area contributed by atoms with Crippen LogP contribution in [0.4, 0.5) is 0 Å². The summed E-state index contributed by atoms with van der Waals surface area (Å²) >= 11 is 0. The van der Waals surface area contributed by atoms with E-state index < -0.39 is 0 Å². The van der Waals surface area contributed by atoms with E-state index in [4.69, 9.17) is 4.74 Å². The van der Waals surface area contributed by atoms with E-state index in [0.717, 1.165) is 17.6 Å². The Balaban J connectivity index is 1.90. The molecule has 2 aromatic heterocycles. The van der Waals surface area contributed by atoms with Crippen molar-refractivity contribution in [1.29, 1.82) is 0 Å². The minimum Gasteiger partial charge on any atom is -0.353 e. The van der Waals surface area contributed by atoms with Crippen LogP contribution in [0.15, 0.2) is 43.1 Å². The van der Waals surface area contributed by atoms with Crippen LogP contribution in [0.2, 0.25) is 0 Å². The first-order chi connectivity index (χ1) is 9.43. The summed E-state index contributed by atoms with van der Waals surface area (Å²) in [5.74, 6) is 0. The second kappa shape index (κ2) is 4.13. The number of hydrogen-bond donors (Lipinski definition) is 0. The molecule has 0 aliphatic carbocycles. The molecule has 1 unspecified atom stereocenters. The van der Waals surface area contributed by atoms with Crippen molar-refractivity contribution in [3.63, 3.8) is 0 Å². The van der Waals surface area contributed by atoms with Crippen molar-refractivity contribution in [1.82, 2.24) is 19.5 Å². The normalized spacial score (nSPS) is 18.4. The molecule has 3 heterocycles. The van der Waals surface area contributed by atoms with Crippen LogP contribution in [0.1, 0.15) is 17.4 Å². The van der Waals surface area contributed by atoms with Crippen molar-refractivity contribution in [3.05, 3.63) is 54.2 Å². The molecule has 4 rings (SSSR count). The van der Waals surface area contributed by atoms with Crippen LogP contribution in [-0.2, 0) is 11.2 Å². The summed E-state index contributed by atoms with van der Waals surface area (Å²) in [6, 6.07) is 8.36. The van der Waals surface area contributed by atoms with E-state index in [1.165, 1.54) is 17.5 Å². The van der Waals surface area contributed by atoms with Gasteiger partial charge < -0.3 is 4.74 Å². The minimum atomic E-state index is -0.148. The van der Waals surface area contributed by atoms with Crippen LogP contribution in [-0.4, -0.2) is 26.1 Å². The number of aromatic nitrogens is 4. The lowest BCUT2D eigenvalue weighted by Gasteiger charge is -2.26. The van der Waals surface area contributed by atoms with Gasteiger partial charge in [0.1, 0.15) is 11.8 Å². The Hall–Kier alpha value is -2.27. The lowest BCUT2D eigenvalue weighted by atomic mass is 10.0. The van der Waals surface area contributed by atoms with Gasteiger partial charge >= 0.3 is 0 Å². The zero-order valence-electron chi connectivity index (χ0n) is 10.2. The van der Waals surface area contributed by atoms with Crippen LogP contribution in [0.25, 0.3) is 11.2 Å². The van der Waals surface area contributed by atoms with Gasteiger partial charge in [-0.2, -0.15) is 0 Å². The average Bonchev–Trinajstić information content (AvgIpc) is 2.90. The average molecular weight is 252 g/mol. The summed E-state index contributed by atoms with van der Waals surface area (Å²) in [4.78, 5) is 12.6. The van der Waals surface area contributed by atoms with Crippen molar-refractivity contribution in [2.24, 2.45) is 0 Å². The number of ether oxygens (including phenoxy) is 1. The molecule has 0 N–H and O–H groups in total. The van der Waals surface area contributed by atoms with Gasteiger partial charge in [0.05, 0.1) is 19.1 Å². The van der Waals surface area contributed by atoms with E-state index in [-0.39, 0.29) is 6.23 Å². The second-order valence-corrected chi connectivity index (χ2v) is 4.56. The molecule has 0 bridgehead atoms. The fourth-order valence-corrected chi connectivity index (χ4v) is 2.56. The Morgan fingerprint density at radius 3 is 3.16 bits per heavy atom. The first-order valence-corrected chi connectivity index (χ1v) is 6.25. The van der Waals surface area contributed by atoms with Gasteiger partial charge in [0.15, 0.2) is 11.9 Å². The van der Waals surface area contributed by atoms with Gasteiger partial charge in [0, 0.05) is 5.56 Å². The molecule has 5 nitrogen and oxygen atoms in total. The molecular weight excluding hydrogens is 240 g/mol. The van der Waals surface area contributed by atoms with E-state index in [1.54, 1.807) is 12.5 Å². The summed E-state index contributed by atoms with van der Waals surface area (Å²) in [6.07, 6.45) is 5.83. The van der Waals surface area contributed by atoms with Gasteiger partial charge in [0.2, 0.25) is 0 Å². The fourth-order valence-electron chi connectivity index (χ4n) is 2.56. The highest BCUT2D eigenvalue weighted by atomic mass is 16.5. The fraction of sp³-hybridized carbons (Fsp3) is 0.214. The molecule has 0 radical (unpaired) electrons. The summed E-state index contributed by atoms with van der Waals surface area (Å²) in [7, 11) is 0. The molecule has 94 valence electrons. The monoisotopic (exact) mass is 252 g/mol. The van der Waals surface area contributed by atoms with E-state index >= 15 is 0 Å². The Labute approximate surface area is 109 Å². The lowest BCUT2D eigenvalue weighted by Crippen LogP contribution is -2.22. The zero-order valence-corrected chi connectivity index (χ0v) is 10.2. The quantitative estimate of drug-likeness (QED) is 0.664. The number of nitrogens with zero attached hydrogens (tertiary/aromatic N) is 4. The van der Waals surface area contributed by atoms with E-state index in [1.807, 2.05) is 10.6 Å². The SMILES string of the molecule is c1ccc2c(c1)CCOC2n1cnc2cncnc21. The Bertz CT molecular complexity index is 737. The van der Waals surface area contributed by atoms with Crippen molar-refractivity contribution >= 4 is 11.2 Å². The van der Waals surface area contributed by atoms with Crippen LogP contribution in [0, 0.1) is 0 Å². The maximum absolute atomic E-state index is 5.92. The number of benzene rings is 1. The topological polar surface area (TPSA) is 52.8 Å². The number of fused-ring (bicyclic) bond motifs is 2. The minimum absolute atomic E-state index is 0.148. The van der Waals surface area contributed by atoms with E-state index in [2.05, 4.69) is 33.2 Å². The van der Waals surface area contributed by atoms with Gasteiger partial charge in [-0.3, -0.25) is 4.57 Å². The lowest BCUT2D eigenvalue weighted by molar-refractivity contribution is 0.0244. The molecular formula is C14H12N4O. The number of rotatable bonds is 1. The summed E-state index contributed by atoms with van der Waals surface area (Å²) in [6.45, 7) is 0.715. The molecule has 1 aliphatic heterocycles. The molecule has 19 heavy (non-hydrogen) atoms. The third kappa shape index (κ3) is 1.62. The van der Waals surface area contributed by atoms with E-state index in [0.29, 0.717) is 6.61 Å². The van der Waals surface area contributed by atoms with Crippen molar-refractivity contribution < 1.29 is 4.74 Å². The maximum atomic E-state index is 5.92. The molecule has 0 fully saturated rings. The zero-order chi connectivity index (χ0) is 12.7. The molecule has 1 aromatic carbocycles. The first kappa shape index (κ1) is 10.6. The smallest absolute Gasteiger partial charge is 0.165 e. The highest BCUT2D eigenvalue weighted by molar-refractivity contribution is 5.69. The van der Waals surface area contributed by atoms with Crippen molar-refractivity contribution in [2.45, 2.75) is 12.6 Å². The maximum Gasteiger partial charge on any atom is 0.165 e. The molecule has 5 heteroatoms. The van der Waals surface area contributed by atoms with Gasteiger partial charge in [-0.1, -0.05) is 24.3 Å². The highest BCUT2D eigenvalue weighted by Gasteiger charge is 2.23. The molecule has 0 saturated heterocycles. The van der Waals surface area contributed by atoms with Gasteiger partial charge in [-0.05, 0) is 12.0 Å². The summed E-state index contributed by atoms with van der Waals surface area (Å²) < 4.78 is 7.89. The summed E-state index contributed by atoms with van der Waals surface area (Å²) in [5.41, 5.74) is 4.10. The first-order valence-electron chi connectivity index (χ1n) is 6.25. The standard InChI is InChI=1S/C14H12N4O/c1-2-4-11-10(3-1)5-6-19-14(11)18-9-17-12-7-15-8-16-13(12)18/h1-4,7-9,14H,5-6H2. The molecule has 1 aliphatic rings. The predicted molar refractivity (Wildman–Crippen MR) is 69.6 cm³/mol. The van der Waals surface area contributed by atoms with Crippen LogP contribution in [0.5, 0.6) is 0 Å². The van der Waals surface area contributed by atoms with Crippen molar-refractivity contribution in [3.8, 4) is 0 Å². The van der Waals surface area contributed by atoms with Gasteiger partial charge in [0.25, 0.3) is 0 Å². The molecule has 0 saturated carbocycles. The Morgan fingerprint density at radius 2 is 2.16 bits per heavy atom. The van der Waals surface area contributed by atoms with Gasteiger partial charge in [-0.15, -0.1) is 0 Å².